The fourth-order valence-corrected chi connectivity index (χ4v) is 6.36. The maximum Gasteiger partial charge on any atom is 0.340 e. The molecular weight excluding hydrogens is 754 g/mol. The van der Waals surface area contributed by atoms with E-state index in [1.54, 1.807) is 30.3 Å². The van der Waals surface area contributed by atoms with E-state index in [-0.39, 0.29) is 44.0 Å². The lowest BCUT2D eigenvalue weighted by molar-refractivity contribution is -0.198. The fourth-order valence-electron chi connectivity index (χ4n) is 6.14. The van der Waals surface area contributed by atoms with Crippen molar-refractivity contribution in [3.63, 3.8) is 0 Å². The third-order valence-corrected chi connectivity index (χ3v) is 8.95. The lowest BCUT2D eigenvalue weighted by Crippen LogP contribution is -2.33. The maximum atomic E-state index is 13.3. The van der Waals surface area contributed by atoms with Gasteiger partial charge in [-0.15, -0.1) is 5.06 Å². The van der Waals surface area contributed by atoms with Crippen molar-refractivity contribution in [1.29, 1.82) is 0 Å². The van der Waals surface area contributed by atoms with Crippen molar-refractivity contribution < 1.29 is 67.4 Å². The van der Waals surface area contributed by atoms with E-state index in [1.165, 1.54) is 24.3 Å². The molecule has 3 aliphatic rings. The number of carbonyl (C=O) groups is 4. The monoisotopic (exact) mass is 795 g/mol. The molecule has 3 aromatic carbocycles. The normalized spacial score (nSPS) is 14.9. The van der Waals surface area contributed by atoms with Crippen LogP contribution in [0, 0.1) is 0 Å². The molecule has 0 unspecified atom stereocenters. The summed E-state index contributed by atoms with van der Waals surface area (Å²) in [7, 11) is 0. The van der Waals surface area contributed by atoms with Crippen molar-refractivity contribution >= 4 is 46.8 Å². The molecule has 6 rings (SSSR count). The van der Waals surface area contributed by atoms with Crippen LogP contribution in [0.15, 0.2) is 54.6 Å². The zero-order valence-electron chi connectivity index (χ0n) is 30.2. The second-order valence-electron chi connectivity index (χ2n) is 12.5. The topological polar surface area (TPSA) is 210 Å². The van der Waals surface area contributed by atoms with E-state index >= 15 is 0 Å². The Kier molecular flexibility index (Phi) is 13.7. The van der Waals surface area contributed by atoms with Crippen LogP contribution in [0.5, 0.6) is 23.0 Å². The van der Waals surface area contributed by atoms with Gasteiger partial charge in [-0.3, -0.25) is 9.59 Å². The minimum absolute atomic E-state index is 0.0216. The van der Waals surface area contributed by atoms with Crippen LogP contribution in [0.1, 0.15) is 46.3 Å². The van der Waals surface area contributed by atoms with Gasteiger partial charge in [0.15, 0.2) is 10.7 Å². The number of thiocarbonyl (C=S) groups is 1. The molecule has 56 heavy (non-hydrogen) atoms. The zero-order chi connectivity index (χ0) is 39.5. The van der Waals surface area contributed by atoms with Crippen LogP contribution in [-0.4, -0.2) is 117 Å². The van der Waals surface area contributed by atoms with Crippen LogP contribution in [0.3, 0.4) is 0 Å². The van der Waals surface area contributed by atoms with Gasteiger partial charge >= 0.3 is 11.9 Å². The summed E-state index contributed by atoms with van der Waals surface area (Å²) in [6.07, 6.45) is -0.00770. The van der Waals surface area contributed by atoms with Gasteiger partial charge in [0.1, 0.15) is 23.0 Å². The number of ether oxygens (including phenoxy) is 7. The minimum atomic E-state index is -1.34. The number of imide groups is 1. The summed E-state index contributed by atoms with van der Waals surface area (Å²) in [5.74, 6) is -1.75. The third kappa shape index (κ3) is 9.70. The zero-order valence-corrected chi connectivity index (χ0v) is 31.1. The van der Waals surface area contributed by atoms with Crippen molar-refractivity contribution in [2.45, 2.75) is 24.9 Å². The molecule has 3 heterocycles. The second-order valence-corrected chi connectivity index (χ2v) is 12.9. The van der Waals surface area contributed by atoms with Crippen LogP contribution in [0.25, 0.3) is 0 Å². The number of nitrogens with zero attached hydrogens (tertiary/aromatic N) is 1. The molecule has 4 N–H and O–H groups in total. The molecule has 0 radical (unpaired) electrons. The highest BCUT2D eigenvalue weighted by atomic mass is 32.1. The number of nitrogens with one attached hydrogen (secondary N) is 2. The summed E-state index contributed by atoms with van der Waals surface area (Å²) >= 11 is 5.44. The van der Waals surface area contributed by atoms with E-state index in [4.69, 9.17) is 50.2 Å². The number of carbonyl (C=O) groups excluding carboxylic acids is 4. The molecule has 1 saturated heterocycles. The first-order valence-electron chi connectivity index (χ1n) is 17.9. The molecule has 298 valence electrons. The van der Waals surface area contributed by atoms with E-state index in [0.29, 0.717) is 109 Å². The van der Waals surface area contributed by atoms with Crippen LogP contribution in [-0.2, 0) is 53.2 Å². The molecular formula is C38H41N3O14S. The number of amides is 2. The molecule has 0 aliphatic carbocycles. The van der Waals surface area contributed by atoms with E-state index in [9.17, 15) is 29.4 Å². The molecule has 0 saturated carbocycles. The van der Waals surface area contributed by atoms with E-state index in [1.807, 2.05) is 0 Å². The average Bonchev–Trinajstić information content (AvgIpc) is 3.64. The third-order valence-electron chi connectivity index (χ3n) is 8.70. The number of hydrogen-bond donors (Lipinski definition) is 4. The van der Waals surface area contributed by atoms with Gasteiger partial charge in [0.2, 0.25) is 0 Å². The van der Waals surface area contributed by atoms with Gasteiger partial charge in [-0.05, 0) is 48.6 Å². The van der Waals surface area contributed by atoms with Crippen LogP contribution in [0.4, 0.5) is 5.69 Å². The van der Waals surface area contributed by atoms with Crippen LogP contribution in [0.2, 0.25) is 0 Å². The molecule has 1 spiro atoms. The Morgan fingerprint density at radius 1 is 0.714 bits per heavy atom. The number of hydrogen-bond acceptors (Lipinski definition) is 15. The molecule has 3 aromatic rings. The molecule has 0 bridgehead atoms. The Hall–Kier alpha value is -5.37. The van der Waals surface area contributed by atoms with Crippen molar-refractivity contribution in [1.82, 2.24) is 10.4 Å². The van der Waals surface area contributed by atoms with Gasteiger partial charge in [-0.25, -0.2) is 9.59 Å². The number of phenolic OH excluding ortho intramolecular Hbond substituents is 2. The summed E-state index contributed by atoms with van der Waals surface area (Å²) in [5, 5.41) is 27.2. The van der Waals surface area contributed by atoms with Gasteiger partial charge in [0.25, 0.3) is 11.8 Å². The second kappa shape index (κ2) is 19.0. The minimum Gasteiger partial charge on any atom is -0.508 e. The number of anilines is 1. The number of aromatic hydroxyl groups is 2. The summed E-state index contributed by atoms with van der Waals surface area (Å²) in [6, 6.07) is 14.4. The fraction of sp³-hybridized carbons (Fsp3) is 0.395. The molecule has 0 atom stereocenters. The SMILES string of the molecule is O=C(CCOCCOCCOCCOCCOCCNC(=S)Nc1ccc2c(c1)C(=O)OC21c2ccc(O)cc2Oc2cc(O)ccc21)ON1C(=O)CCC1=O. The molecule has 2 amide bonds. The standard InChI is InChI=1S/C38H41N3O14S/c42-25-2-5-29-31(22-25)53-32-23-26(43)3-6-30(32)38(29)28-4-1-24(21-27(28)36(47)54-38)40-37(56)39-10-12-49-14-16-51-18-20-52-19-17-50-15-13-48-11-9-35(46)55-41-33(44)7-8-34(41)45/h1-6,21-23,42-43H,7-20H2,(H2,39,40,56). The molecule has 17 nitrogen and oxygen atoms in total. The van der Waals surface area contributed by atoms with Crippen molar-refractivity contribution in [2.75, 3.05) is 77.9 Å². The number of fused-ring (bicyclic) bond motifs is 6. The largest absolute Gasteiger partial charge is 0.508 e. The Morgan fingerprint density at radius 2 is 1.23 bits per heavy atom. The Morgan fingerprint density at radius 3 is 1.80 bits per heavy atom. The van der Waals surface area contributed by atoms with Gasteiger partial charge < -0.3 is 58.8 Å². The number of hydroxylamine groups is 2. The van der Waals surface area contributed by atoms with E-state index < -0.39 is 29.4 Å². The first-order valence-corrected chi connectivity index (χ1v) is 18.3. The predicted molar refractivity (Wildman–Crippen MR) is 198 cm³/mol. The average molecular weight is 796 g/mol. The first-order chi connectivity index (χ1) is 27.2. The van der Waals surface area contributed by atoms with E-state index in [2.05, 4.69) is 10.6 Å². The van der Waals surface area contributed by atoms with E-state index in [0.717, 1.165) is 0 Å². The Balaban J connectivity index is 0.799. The predicted octanol–water partition coefficient (Wildman–Crippen LogP) is 3.03. The number of benzene rings is 3. The summed E-state index contributed by atoms with van der Waals surface area (Å²) in [5.41, 5.74) is 1.22. The molecule has 1 fully saturated rings. The Labute approximate surface area is 326 Å². The van der Waals surface area contributed by atoms with Crippen LogP contribution < -0.4 is 15.4 Å². The number of phenols is 2. The van der Waals surface area contributed by atoms with Gasteiger partial charge in [0.05, 0.1) is 78.1 Å². The maximum absolute atomic E-state index is 13.3. The van der Waals surface area contributed by atoms with Crippen molar-refractivity contribution in [3.05, 3.63) is 76.9 Å². The summed E-state index contributed by atoms with van der Waals surface area (Å²) in [4.78, 5) is 52.7. The lowest BCUT2D eigenvalue weighted by Gasteiger charge is -2.36. The smallest absolute Gasteiger partial charge is 0.340 e. The highest BCUT2D eigenvalue weighted by molar-refractivity contribution is 7.80. The number of esters is 1. The van der Waals surface area contributed by atoms with Gasteiger partial charge in [-0.1, -0.05) is 6.07 Å². The van der Waals surface area contributed by atoms with Gasteiger partial charge in [0, 0.05) is 53.9 Å². The highest BCUT2D eigenvalue weighted by Crippen LogP contribution is 2.57. The number of rotatable bonds is 20. The lowest BCUT2D eigenvalue weighted by atomic mass is 9.77. The highest BCUT2D eigenvalue weighted by Gasteiger charge is 2.53. The van der Waals surface area contributed by atoms with Crippen molar-refractivity contribution in [2.24, 2.45) is 0 Å². The van der Waals surface area contributed by atoms with Crippen molar-refractivity contribution in [3.8, 4) is 23.0 Å². The van der Waals surface area contributed by atoms with Gasteiger partial charge in [-0.2, -0.15) is 0 Å². The summed E-state index contributed by atoms with van der Waals surface area (Å²) < 4.78 is 39.3. The first kappa shape index (κ1) is 40.3. The molecule has 0 aromatic heterocycles. The van der Waals surface area contributed by atoms with Crippen LogP contribution >= 0.6 is 12.2 Å². The quantitative estimate of drug-likeness (QED) is 0.0561. The Bertz CT molecular complexity index is 1870. The molecule has 3 aliphatic heterocycles. The summed E-state index contributed by atoms with van der Waals surface area (Å²) in [6.45, 7) is 3.70. The molecule has 18 heteroatoms.